The summed E-state index contributed by atoms with van der Waals surface area (Å²) >= 11 is 0. The molecule has 0 heterocycles. The lowest BCUT2D eigenvalue weighted by molar-refractivity contribution is 0.226. The van der Waals surface area contributed by atoms with E-state index in [0.717, 1.165) is 5.92 Å². The second-order valence-electron chi connectivity index (χ2n) is 5.84. The molecule has 17 heavy (non-hydrogen) atoms. The van der Waals surface area contributed by atoms with Crippen LogP contribution in [0.1, 0.15) is 78.1 Å². The van der Waals surface area contributed by atoms with E-state index in [9.17, 15) is 0 Å². The summed E-state index contributed by atoms with van der Waals surface area (Å²) in [4.78, 5) is 2.72. The number of rotatable bonds is 9. The second-order valence-corrected chi connectivity index (χ2v) is 5.84. The molecule has 0 spiro atoms. The normalized spacial score (nSPS) is 17.8. The van der Waals surface area contributed by atoms with E-state index >= 15 is 0 Å². The first-order valence-electron chi connectivity index (χ1n) is 8.09. The third kappa shape index (κ3) is 7.08. The van der Waals surface area contributed by atoms with Gasteiger partial charge >= 0.3 is 0 Å². The summed E-state index contributed by atoms with van der Waals surface area (Å²) in [5.74, 6) is 1.05. The maximum Gasteiger partial charge on any atom is -0.00161 e. The van der Waals surface area contributed by atoms with Crippen LogP contribution in [0.3, 0.4) is 0 Å². The van der Waals surface area contributed by atoms with Gasteiger partial charge in [-0.3, -0.25) is 0 Å². The second kappa shape index (κ2) is 9.94. The van der Waals surface area contributed by atoms with Crippen molar-refractivity contribution in [3.8, 4) is 0 Å². The summed E-state index contributed by atoms with van der Waals surface area (Å²) in [6.45, 7) is 8.65. The summed E-state index contributed by atoms with van der Waals surface area (Å²) in [7, 11) is 0. The lowest BCUT2D eigenvalue weighted by Crippen LogP contribution is -2.28. The molecule has 0 bridgehead atoms. The Morgan fingerprint density at radius 3 is 1.94 bits per heavy atom. The summed E-state index contributed by atoms with van der Waals surface area (Å²) < 4.78 is 0. The SMILES string of the molecule is CCCCN(CCCC)CCC1CCCCC1. The molecule has 0 radical (unpaired) electrons. The lowest BCUT2D eigenvalue weighted by Gasteiger charge is -2.27. The van der Waals surface area contributed by atoms with E-state index in [0.29, 0.717) is 0 Å². The molecule has 102 valence electrons. The molecule has 0 aromatic heterocycles. The topological polar surface area (TPSA) is 3.24 Å². The quantitative estimate of drug-likeness (QED) is 0.555. The first kappa shape index (κ1) is 15.0. The maximum absolute atomic E-state index is 2.72. The molecule has 0 aromatic carbocycles. The molecule has 0 saturated heterocycles. The number of unbranched alkanes of at least 4 members (excludes halogenated alkanes) is 2. The molecule has 0 unspecified atom stereocenters. The number of hydrogen-bond acceptors (Lipinski definition) is 1. The standard InChI is InChI=1S/C16H33N/c1-3-5-13-17(14-6-4-2)15-12-16-10-8-7-9-11-16/h16H,3-15H2,1-2H3. The van der Waals surface area contributed by atoms with E-state index in [1.807, 2.05) is 0 Å². The highest BCUT2D eigenvalue weighted by molar-refractivity contribution is 4.68. The van der Waals surface area contributed by atoms with Crippen LogP contribution in [0.4, 0.5) is 0 Å². The van der Waals surface area contributed by atoms with Crippen molar-refractivity contribution in [1.82, 2.24) is 4.90 Å². The third-order valence-electron chi connectivity index (χ3n) is 4.23. The van der Waals surface area contributed by atoms with Gasteiger partial charge in [0.2, 0.25) is 0 Å². The van der Waals surface area contributed by atoms with Gasteiger partial charge in [-0.15, -0.1) is 0 Å². The van der Waals surface area contributed by atoms with Crippen molar-refractivity contribution in [3.63, 3.8) is 0 Å². The largest absolute Gasteiger partial charge is 0.303 e. The van der Waals surface area contributed by atoms with E-state index in [4.69, 9.17) is 0 Å². The molecule has 1 saturated carbocycles. The van der Waals surface area contributed by atoms with Crippen molar-refractivity contribution < 1.29 is 0 Å². The molecular formula is C16H33N. The monoisotopic (exact) mass is 239 g/mol. The third-order valence-corrected chi connectivity index (χ3v) is 4.23. The average Bonchev–Trinajstić information content (AvgIpc) is 2.39. The smallest absolute Gasteiger partial charge is 0.00161 e. The molecule has 0 amide bonds. The van der Waals surface area contributed by atoms with Crippen molar-refractivity contribution in [2.75, 3.05) is 19.6 Å². The minimum absolute atomic E-state index is 1.05. The van der Waals surface area contributed by atoms with Crippen LogP contribution in [0.5, 0.6) is 0 Å². The van der Waals surface area contributed by atoms with E-state index < -0.39 is 0 Å². The number of nitrogens with zero attached hydrogens (tertiary/aromatic N) is 1. The zero-order chi connectivity index (χ0) is 12.3. The molecule has 1 rings (SSSR count). The van der Waals surface area contributed by atoms with Crippen molar-refractivity contribution >= 4 is 0 Å². The van der Waals surface area contributed by atoms with Crippen molar-refractivity contribution in [3.05, 3.63) is 0 Å². The van der Waals surface area contributed by atoms with Crippen LogP contribution in [0, 0.1) is 5.92 Å². The fourth-order valence-electron chi connectivity index (χ4n) is 2.94. The Bertz CT molecular complexity index is 153. The van der Waals surface area contributed by atoms with Crippen LogP contribution in [-0.2, 0) is 0 Å². The Labute approximate surface area is 109 Å². The molecule has 0 atom stereocenters. The van der Waals surface area contributed by atoms with E-state index in [-0.39, 0.29) is 0 Å². The zero-order valence-corrected chi connectivity index (χ0v) is 12.2. The average molecular weight is 239 g/mol. The van der Waals surface area contributed by atoms with E-state index in [1.165, 1.54) is 83.8 Å². The van der Waals surface area contributed by atoms with Gasteiger partial charge in [0.25, 0.3) is 0 Å². The Morgan fingerprint density at radius 2 is 1.41 bits per heavy atom. The van der Waals surface area contributed by atoms with Gasteiger partial charge in [-0.25, -0.2) is 0 Å². The van der Waals surface area contributed by atoms with Crippen molar-refractivity contribution in [2.45, 2.75) is 78.1 Å². The predicted molar refractivity (Wildman–Crippen MR) is 77.4 cm³/mol. The van der Waals surface area contributed by atoms with Crippen LogP contribution >= 0.6 is 0 Å². The molecule has 1 heteroatoms. The predicted octanol–water partition coefficient (Wildman–Crippen LogP) is 4.86. The van der Waals surface area contributed by atoms with E-state index in [2.05, 4.69) is 18.7 Å². The highest BCUT2D eigenvalue weighted by Gasteiger charge is 2.14. The van der Waals surface area contributed by atoms with Crippen LogP contribution in [-0.4, -0.2) is 24.5 Å². The zero-order valence-electron chi connectivity index (χ0n) is 12.2. The summed E-state index contributed by atoms with van der Waals surface area (Å²) in [5, 5.41) is 0. The van der Waals surface area contributed by atoms with Gasteiger partial charge in [0.15, 0.2) is 0 Å². The number of hydrogen-bond donors (Lipinski definition) is 0. The van der Waals surface area contributed by atoms with Gasteiger partial charge in [-0.1, -0.05) is 58.8 Å². The Morgan fingerprint density at radius 1 is 0.824 bits per heavy atom. The first-order chi connectivity index (χ1) is 8.36. The Hall–Kier alpha value is -0.0400. The van der Waals surface area contributed by atoms with Crippen LogP contribution in [0.25, 0.3) is 0 Å². The molecule has 1 nitrogen and oxygen atoms in total. The summed E-state index contributed by atoms with van der Waals surface area (Å²) in [6, 6.07) is 0. The Balaban J connectivity index is 2.16. The van der Waals surface area contributed by atoms with Gasteiger partial charge in [0, 0.05) is 0 Å². The van der Waals surface area contributed by atoms with Crippen molar-refractivity contribution in [1.29, 1.82) is 0 Å². The fraction of sp³-hybridized carbons (Fsp3) is 1.00. The van der Waals surface area contributed by atoms with Gasteiger partial charge in [-0.05, 0) is 44.8 Å². The lowest BCUT2D eigenvalue weighted by atomic mass is 9.87. The minimum atomic E-state index is 1.05. The molecule has 0 N–H and O–H groups in total. The van der Waals surface area contributed by atoms with Crippen LogP contribution in [0.2, 0.25) is 0 Å². The molecule has 0 aromatic rings. The van der Waals surface area contributed by atoms with E-state index in [1.54, 1.807) is 0 Å². The van der Waals surface area contributed by atoms with Crippen LogP contribution in [0.15, 0.2) is 0 Å². The summed E-state index contributed by atoms with van der Waals surface area (Å²) in [5.41, 5.74) is 0. The first-order valence-corrected chi connectivity index (χ1v) is 8.09. The minimum Gasteiger partial charge on any atom is -0.303 e. The molecular weight excluding hydrogens is 206 g/mol. The summed E-state index contributed by atoms with van der Waals surface area (Å²) in [6.07, 6.45) is 14.4. The molecule has 0 aliphatic heterocycles. The highest BCUT2D eigenvalue weighted by atomic mass is 15.1. The van der Waals surface area contributed by atoms with Gasteiger partial charge in [0.1, 0.15) is 0 Å². The Kier molecular flexibility index (Phi) is 8.78. The molecule has 1 fully saturated rings. The molecule has 1 aliphatic rings. The van der Waals surface area contributed by atoms with Gasteiger partial charge in [0.05, 0.1) is 0 Å². The van der Waals surface area contributed by atoms with Gasteiger partial charge in [-0.2, -0.15) is 0 Å². The fourth-order valence-corrected chi connectivity index (χ4v) is 2.94. The van der Waals surface area contributed by atoms with Crippen LogP contribution < -0.4 is 0 Å². The molecule has 1 aliphatic carbocycles. The highest BCUT2D eigenvalue weighted by Crippen LogP contribution is 2.26. The maximum atomic E-state index is 2.72. The van der Waals surface area contributed by atoms with Crippen molar-refractivity contribution in [2.24, 2.45) is 5.92 Å². The van der Waals surface area contributed by atoms with Gasteiger partial charge < -0.3 is 4.90 Å².